The van der Waals surface area contributed by atoms with Gasteiger partial charge in [0.05, 0.1) is 6.61 Å². The Labute approximate surface area is 96.2 Å². The summed E-state index contributed by atoms with van der Waals surface area (Å²) < 4.78 is 4.84. The largest absolute Gasteiger partial charge is 0.461 e. The molecular formula is C10H9N3O2S. The second-order valence-electron chi connectivity index (χ2n) is 2.83. The third-order valence-corrected chi connectivity index (χ3v) is 2.58. The van der Waals surface area contributed by atoms with Crippen molar-refractivity contribution in [2.75, 3.05) is 6.61 Å². The van der Waals surface area contributed by atoms with E-state index in [2.05, 4.69) is 15.0 Å². The van der Waals surface area contributed by atoms with Crippen LogP contribution < -0.4 is 0 Å². The number of carbonyl (C=O) groups excluding carboxylic acids is 1. The Morgan fingerprint density at radius 2 is 2.19 bits per heavy atom. The lowest BCUT2D eigenvalue weighted by Gasteiger charge is -1.96. The number of rotatable bonds is 3. The summed E-state index contributed by atoms with van der Waals surface area (Å²) in [7, 11) is 0. The standard InChI is InChI=1S/C10H9N3O2S/c1-2-15-10(14)7-6-16-9(13-7)8-11-4-3-5-12-8/h3-6H,2H2,1H3. The van der Waals surface area contributed by atoms with Crippen LogP contribution in [0, 0.1) is 0 Å². The predicted octanol–water partition coefficient (Wildman–Crippen LogP) is 1.78. The van der Waals surface area contributed by atoms with Gasteiger partial charge in [-0.05, 0) is 13.0 Å². The molecule has 0 aliphatic carbocycles. The molecule has 2 heterocycles. The van der Waals surface area contributed by atoms with Crippen molar-refractivity contribution in [2.24, 2.45) is 0 Å². The van der Waals surface area contributed by atoms with E-state index >= 15 is 0 Å². The van der Waals surface area contributed by atoms with Gasteiger partial charge in [0.2, 0.25) is 0 Å². The minimum absolute atomic E-state index is 0.300. The summed E-state index contributed by atoms with van der Waals surface area (Å²) in [6, 6.07) is 1.73. The van der Waals surface area contributed by atoms with Crippen molar-refractivity contribution in [3.63, 3.8) is 0 Å². The Bertz CT molecular complexity index is 484. The maximum absolute atomic E-state index is 11.4. The Balaban J connectivity index is 2.23. The molecule has 0 amide bonds. The van der Waals surface area contributed by atoms with Gasteiger partial charge >= 0.3 is 5.97 Å². The van der Waals surface area contributed by atoms with Gasteiger partial charge in [-0.2, -0.15) is 0 Å². The summed E-state index contributed by atoms with van der Waals surface area (Å²) in [6.07, 6.45) is 3.27. The monoisotopic (exact) mass is 235 g/mol. The van der Waals surface area contributed by atoms with Crippen LogP contribution in [-0.4, -0.2) is 27.5 Å². The zero-order chi connectivity index (χ0) is 11.4. The fraction of sp³-hybridized carbons (Fsp3) is 0.200. The molecule has 0 saturated heterocycles. The normalized spacial score (nSPS) is 10.1. The fourth-order valence-corrected chi connectivity index (χ4v) is 1.82. The number of ether oxygens (including phenoxy) is 1. The van der Waals surface area contributed by atoms with Crippen molar-refractivity contribution in [1.82, 2.24) is 15.0 Å². The molecule has 2 aromatic rings. The molecule has 0 atom stereocenters. The zero-order valence-electron chi connectivity index (χ0n) is 8.58. The van der Waals surface area contributed by atoms with Gasteiger partial charge in [0.1, 0.15) is 0 Å². The van der Waals surface area contributed by atoms with Crippen molar-refractivity contribution in [3.8, 4) is 10.8 Å². The number of esters is 1. The van der Waals surface area contributed by atoms with E-state index in [1.165, 1.54) is 11.3 Å². The number of nitrogens with zero attached hydrogens (tertiary/aromatic N) is 3. The van der Waals surface area contributed by atoms with Crippen LogP contribution in [0.15, 0.2) is 23.8 Å². The second-order valence-corrected chi connectivity index (χ2v) is 3.69. The van der Waals surface area contributed by atoms with E-state index in [9.17, 15) is 4.79 Å². The molecule has 0 fully saturated rings. The summed E-state index contributed by atoms with van der Waals surface area (Å²) >= 11 is 1.32. The molecule has 0 bridgehead atoms. The average molecular weight is 235 g/mol. The summed E-state index contributed by atoms with van der Waals surface area (Å²) in [5, 5.41) is 2.26. The predicted molar refractivity (Wildman–Crippen MR) is 59.1 cm³/mol. The minimum atomic E-state index is -0.416. The van der Waals surface area contributed by atoms with E-state index < -0.39 is 5.97 Å². The van der Waals surface area contributed by atoms with Gasteiger partial charge in [-0.3, -0.25) is 0 Å². The molecule has 2 aromatic heterocycles. The number of thiazole rings is 1. The molecule has 0 radical (unpaired) electrons. The fourth-order valence-electron chi connectivity index (χ4n) is 1.08. The van der Waals surface area contributed by atoms with E-state index in [1.54, 1.807) is 30.8 Å². The number of hydrogen-bond acceptors (Lipinski definition) is 6. The van der Waals surface area contributed by atoms with E-state index in [-0.39, 0.29) is 0 Å². The Kier molecular flexibility index (Phi) is 3.21. The molecule has 0 aliphatic rings. The lowest BCUT2D eigenvalue weighted by atomic mass is 10.5. The van der Waals surface area contributed by atoms with Gasteiger partial charge in [-0.25, -0.2) is 19.7 Å². The van der Waals surface area contributed by atoms with Gasteiger partial charge in [0.15, 0.2) is 16.5 Å². The van der Waals surface area contributed by atoms with Crippen LogP contribution in [0.3, 0.4) is 0 Å². The summed E-state index contributed by atoms with van der Waals surface area (Å²) in [6.45, 7) is 2.10. The third kappa shape index (κ3) is 2.22. The van der Waals surface area contributed by atoms with Gasteiger partial charge < -0.3 is 4.74 Å². The highest BCUT2D eigenvalue weighted by atomic mass is 32.1. The van der Waals surface area contributed by atoms with Crippen molar-refractivity contribution in [1.29, 1.82) is 0 Å². The first-order chi connectivity index (χ1) is 7.81. The molecule has 6 heteroatoms. The molecule has 2 rings (SSSR count). The van der Waals surface area contributed by atoms with E-state index in [1.807, 2.05) is 0 Å². The molecule has 0 saturated carbocycles. The van der Waals surface area contributed by atoms with Crippen molar-refractivity contribution in [3.05, 3.63) is 29.5 Å². The minimum Gasteiger partial charge on any atom is -0.461 e. The van der Waals surface area contributed by atoms with Crippen LogP contribution in [0.25, 0.3) is 10.8 Å². The highest BCUT2D eigenvalue weighted by Gasteiger charge is 2.13. The maximum atomic E-state index is 11.4. The Morgan fingerprint density at radius 3 is 2.88 bits per heavy atom. The third-order valence-electron chi connectivity index (χ3n) is 1.75. The van der Waals surface area contributed by atoms with Gasteiger partial charge in [0.25, 0.3) is 0 Å². The van der Waals surface area contributed by atoms with Crippen molar-refractivity contribution in [2.45, 2.75) is 6.92 Å². The molecular weight excluding hydrogens is 226 g/mol. The van der Waals surface area contributed by atoms with E-state index in [0.717, 1.165) is 0 Å². The molecule has 5 nitrogen and oxygen atoms in total. The second kappa shape index (κ2) is 4.80. The molecule has 0 aromatic carbocycles. The maximum Gasteiger partial charge on any atom is 0.357 e. The van der Waals surface area contributed by atoms with Gasteiger partial charge in [-0.15, -0.1) is 11.3 Å². The zero-order valence-corrected chi connectivity index (χ0v) is 9.40. The molecule has 0 spiro atoms. The highest BCUT2D eigenvalue weighted by Crippen LogP contribution is 2.19. The molecule has 0 aliphatic heterocycles. The molecule has 16 heavy (non-hydrogen) atoms. The topological polar surface area (TPSA) is 65.0 Å². The van der Waals surface area contributed by atoms with Crippen LogP contribution in [0.4, 0.5) is 0 Å². The SMILES string of the molecule is CCOC(=O)c1csc(-c2ncccn2)n1. The average Bonchev–Trinajstić information content (AvgIpc) is 2.80. The Hall–Kier alpha value is -1.82. The smallest absolute Gasteiger partial charge is 0.357 e. The summed E-state index contributed by atoms with van der Waals surface area (Å²) in [5.41, 5.74) is 0.300. The van der Waals surface area contributed by atoms with Crippen LogP contribution in [0.2, 0.25) is 0 Å². The van der Waals surface area contributed by atoms with Crippen molar-refractivity contribution >= 4 is 17.3 Å². The van der Waals surface area contributed by atoms with E-state index in [0.29, 0.717) is 23.1 Å². The molecule has 82 valence electrons. The highest BCUT2D eigenvalue weighted by molar-refractivity contribution is 7.13. The van der Waals surface area contributed by atoms with Gasteiger partial charge in [-0.1, -0.05) is 0 Å². The number of hydrogen-bond donors (Lipinski definition) is 0. The molecule has 0 unspecified atom stereocenters. The summed E-state index contributed by atoms with van der Waals surface area (Å²) in [4.78, 5) is 23.6. The van der Waals surface area contributed by atoms with Crippen LogP contribution in [0.1, 0.15) is 17.4 Å². The van der Waals surface area contributed by atoms with E-state index in [4.69, 9.17) is 4.74 Å². The number of aromatic nitrogens is 3. The lowest BCUT2D eigenvalue weighted by Crippen LogP contribution is -2.04. The number of carbonyl (C=O) groups is 1. The summed E-state index contributed by atoms with van der Waals surface area (Å²) in [5.74, 6) is 0.101. The van der Waals surface area contributed by atoms with Crippen LogP contribution in [0.5, 0.6) is 0 Å². The Morgan fingerprint density at radius 1 is 1.44 bits per heavy atom. The van der Waals surface area contributed by atoms with Crippen molar-refractivity contribution < 1.29 is 9.53 Å². The first kappa shape index (κ1) is 10.7. The van der Waals surface area contributed by atoms with Crippen LogP contribution >= 0.6 is 11.3 Å². The van der Waals surface area contributed by atoms with Crippen LogP contribution in [-0.2, 0) is 4.74 Å². The quantitative estimate of drug-likeness (QED) is 0.759. The lowest BCUT2D eigenvalue weighted by molar-refractivity contribution is 0.0520. The first-order valence-electron chi connectivity index (χ1n) is 4.71. The first-order valence-corrected chi connectivity index (χ1v) is 5.59. The molecule has 0 N–H and O–H groups in total. The van der Waals surface area contributed by atoms with Gasteiger partial charge in [0, 0.05) is 17.8 Å².